The van der Waals surface area contributed by atoms with Crippen LogP contribution in [0.1, 0.15) is 10.4 Å². The molecule has 0 saturated carbocycles. The highest BCUT2D eigenvalue weighted by molar-refractivity contribution is 9.10. The minimum atomic E-state index is -0.310. The van der Waals surface area contributed by atoms with Gasteiger partial charge in [-0.1, -0.05) is 12.1 Å². The van der Waals surface area contributed by atoms with Crippen molar-refractivity contribution in [2.75, 3.05) is 7.05 Å². The second kappa shape index (κ2) is 4.06. The van der Waals surface area contributed by atoms with Gasteiger partial charge in [0.2, 0.25) is 0 Å². The van der Waals surface area contributed by atoms with E-state index >= 15 is 0 Å². The van der Waals surface area contributed by atoms with Crippen molar-refractivity contribution < 1.29 is 4.79 Å². The first-order valence-electron chi connectivity index (χ1n) is 3.59. The third-order valence-corrected chi connectivity index (χ3v) is 2.25. The molecule has 0 bridgehead atoms. The third kappa shape index (κ3) is 2.07. The Kier molecular flexibility index (Phi) is 3.04. The largest absolute Gasteiger partial charge is 0.268 e. The molecule has 0 N–H and O–H groups in total. The van der Waals surface area contributed by atoms with Crippen LogP contribution in [0, 0.1) is 11.5 Å². The Bertz CT molecular complexity index is 370. The van der Waals surface area contributed by atoms with Crippen molar-refractivity contribution in [2.45, 2.75) is 0 Å². The second-order valence-electron chi connectivity index (χ2n) is 2.44. The fourth-order valence-electron chi connectivity index (χ4n) is 0.861. The van der Waals surface area contributed by atoms with E-state index in [1.807, 2.05) is 6.07 Å². The summed E-state index contributed by atoms with van der Waals surface area (Å²) >= 11 is 3.24. The summed E-state index contributed by atoms with van der Waals surface area (Å²) in [6.07, 6.45) is 1.75. The van der Waals surface area contributed by atoms with Crippen molar-refractivity contribution in [3.63, 3.8) is 0 Å². The summed E-state index contributed by atoms with van der Waals surface area (Å²) in [6, 6.07) is 7.00. The number of amides is 1. The van der Waals surface area contributed by atoms with Crippen molar-refractivity contribution in [3.05, 3.63) is 34.3 Å². The Balaban J connectivity index is 3.04. The predicted molar refractivity (Wildman–Crippen MR) is 51.8 cm³/mol. The maximum Gasteiger partial charge on any atom is 0.267 e. The average Bonchev–Trinajstić information content (AvgIpc) is 2.16. The maximum absolute atomic E-state index is 11.5. The number of carbonyl (C=O) groups is 1. The van der Waals surface area contributed by atoms with E-state index in [9.17, 15) is 4.79 Å². The van der Waals surface area contributed by atoms with Crippen LogP contribution in [0.15, 0.2) is 28.7 Å². The molecule has 0 unspecified atom stereocenters. The van der Waals surface area contributed by atoms with Crippen LogP contribution < -0.4 is 0 Å². The number of benzene rings is 1. The van der Waals surface area contributed by atoms with Crippen molar-refractivity contribution in [1.29, 1.82) is 5.26 Å². The number of hydrogen-bond acceptors (Lipinski definition) is 2. The van der Waals surface area contributed by atoms with E-state index in [1.165, 1.54) is 7.05 Å². The Morgan fingerprint density at radius 1 is 1.54 bits per heavy atom. The van der Waals surface area contributed by atoms with E-state index in [1.54, 1.807) is 24.4 Å². The predicted octanol–water partition coefficient (Wildman–Crippen LogP) is 2.00. The zero-order valence-electron chi connectivity index (χ0n) is 6.99. The zero-order valence-corrected chi connectivity index (χ0v) is 8.58. The Hall–Kier alpha value is -1.34. The van der Waals surface area contributed by atoms with Gasteiger partial charge < -0.3 is 0 Å². The molecule has 1 rings (SSSR count). The highest BCUT2D eigenvalue weighted by Crippen LogP contribution is 2.16. The normalized spacial score (nSPS) is 9.00. The first-order chi connectivity index (χ1) is 6.16. The second-order valence-corrected chi connectivity index (χ2v) is 3.30. The molecule has 0 spiro atoms. The molecule has 0 aliphatic heterocycles. The van der Waals surface area contributed by atoms with Crippen LogP contribution in [0.4, 0.5) is 0 Å². The van der Waals surface area contributed by atoms with Crippen molar-refractivity contribution in [3.8, 4) is 6.19 Å². The summed E-state index contributed by atoms with van der Waals surface area (Å²) in [4.78, 5) is 12.5. The molecule has 0 aliphatic carbocycles. The molecule has 1 aromatic carbocycles. The standard InChI is InChI=1S/C9H7BrN2O/c1-12(6-11)9(13)7-4-2-3-5-8(7)10/h2-5H,1H3. The van der Waals surface area contributed by atoms with E-state index < -0.39 is 0 Å². The lowest BCUT2D eigenvalue weighted by molar-refractivity contribution is 0.0857. The summed E-state index contributed by atoms with van der Waals surface area (Å²) < 4.78 is 0.696. The first kappa shape index (κ1) is 9.75. The minimum absolute atomic E-state index is 0.310. The number of nitriles is 1. The van der Waals surface area contributed by atoms with E-state index in [0.717, 1.165) is 4.90 Å². The lowest BCUT2D eigenvalue weighted by Gasteiger charge is -2.07. The molecule has 0 atom stereocenters. The molecule has 0 heterocycles. The molecular formula is C9H7BrN2O. The fraction of sp³-hybridized carbons (Fsp3) is 0.111. The molecule has 3 nitrogen and oxygen atoms in total. The van der Waals surface area contributed by atoms with Crippen LogP contribution in [0.3, 0.4) is 0 Å². The molecule has 66 valence electrons. The monoisotopic (exact) mass is 238 g/mol. The van der Waals surface area contributed by atoms with Crippen molar-refractivity contribution >= 4 is 21.8 Å². The van der Waals surface area contributed by atoms with Gasteiger partial charge in [0.1, 0.15) is 0 Å². The van der Waals surface area contributed by atoms with Gasteiger partial charge in [-0.3, -0.25) is 4.79 Å². The smallest absolute Gasteiger partial charge is 0.267 e. The minimum Gasteiger partial charge on any atom is -0.268 e. The zero-order chi connectivity index (χ0) is 9.84. The van der Waals surface area contributed by atoms with Gasteiger partial charge in [-0.2, -0.15) is 5.26 Å². The number of hydrogen-bond donors (Lipinski definition) is 0. The van der Waals surface area contributed by atoms with Crippen LogP contribution in [-0.2, 0) is 0 Å². The summed E-state index contributed by atoms with van der Waals surface area (Å²) in [5, 5.41) is 8.50. The van der Waals surface area contributed by atoms with Crippen molar-refractivity contribution in [1.82, 2.24) is 4.90 Å². The van der Waals surface area contributed by atoms with Gasteiger partial charge in [0.15, 0.2) is 6.19 Å². The molecule has 0 fully saturated rings. The van der Waals surface area contributed by atoms with E-state index in [0.29, 0.717) is 10.0 Å². The highest BCUT2D eigenvalue weighted by Gasteiger charge is 2.12. The summed E-state index contributed by atoms with van der Waals surface area (Å²) in [7, 11) is 1.43. The molecular weight excluding hydrogens is 232 g/mol. The summed E-state index contributed by atoms with van der Waals surface area (Å²) in [6.45, 7) is 0. The third-order valence-electron chi connectivity index (χ3n) is 1.56. The molecule has 0 radical (unpaired) electrons. The van der Waals surface area contributed by atoms with E-state index in [-0.39, 0.29) is 5.91 Å². The van der Waals surface area contributed by atoms with Crippen LogP contribution in [0.2, 0.25) is 0 Å². The van der Waals surface area contributed by atoms with Gasteiger partial charge in [-0.05, 0) is 28.1 Å². The average molecular weight is 239 g/mol. The Labute approximate surface area is 84.7 Å². The van der Waals surface area contributed by atoms with Gasteiger partial charge in [0.25, 0.3) is 5.91 Å². The fourth-order valence-corrected chi connectivity index (χ4v) is 1.32. The molecule has 13 heavy (non-hydrogen) atoms. The molecule has 1 amide bonds. The quantitative estimate of drug-likeness (QED) is 0.555. The highest BCUT2D eigenvalue weighted by atomic mass is 79.9. The first-order valence-corrected chi connectivity index (χ1v) is 4.38. The number of carbonyl (C=O) groups excluding carboxylic acids is 1. The lowest BCUT2D eigenvalue weighted by Crippen LogP contribution is -2.21. The van der Waals surface area contributed by atoms with Crippen LogP contribution in [0.25, 0.3) is 0 Å². The number of nitrogens with zero attached hydrogens (tertiary/aromatic N) is 2. The van der Waals surface area contributed by atoms with Crippen LogP contribution >= 0.6 is 15.9 Å². The SMILES string of the molecule is CN(C#N)C(=O)c1ccccc1Br. The van der Waals surface area contributed by atoms with E-state index in [2.05, 4.69) is 15.9 Å². The molecule has 4 heteroatoms. The molecule has 0 aliphatic rings. The summed E-state index contributed by atoms with van der Waals surface area (Å²) in [5.74, 6) is -0.310. The Morgan fingerprint density at radius 2 is 2.15 bits per heavy atom. The van der Waals surface area contributed by atoms with Crippen LogP contribution in [-0.4, -0.2) is 17.9 Å². The van der Waals surface area contributed by atoms with E-state index in [4.69, 9.17) is 5.26 Å². The van der Waals surface area contributed by atoms with Gasteiger partial charge >= 0.3 is 0 Å². The number of rotatable bonds is 1. The molecule has 1 aromatic rings. The molecule has 0 saturated heterocycles. The summed E-state index contributed by atoms with van der Waals surface area (Å²) in [5.41, 5.74) is 0.492. The lowest BCUT2D eigenvalue weighted by atomic mass is 10.2. The molecule has 0 aromatic heterocycles. The van der Waals surface area contributed by atoms with Crippen molar-refractivity contribution in [2.24, 2.45) is 0 Å². The van der Waals surface area contributed by atoms with Gasteiger partial charge in [-0.15, -0.1) is 0 Å². The topological polar surface area (TPSA) is 44.1 Å². The Morgan fingerprint density at radius 3 is 2.69 bits per heavy atom. The van der Waals surface area contributed by atoms with Gasteiger partial charge in [-0.25, -0.2) is 4.90 Å². The van der Waals surface area contributed by atoms with Gasteiger partial charge in [0.05, 0.1) is 5.56 Å². The van der Waals surface area contributed by atoms with Gasteiger partial charge in [0, 0.05) is 11.5 Å². The van der Waals surface area contributed by atoms with Crippen LogP contribution in [0.5, 0.6) is 0 Å². The maximum atomic E-state index is 11.5. The number of halogens is 1.